The van der Waals surface area contributed by atoms with E-state index in [1.165, 1.54) is 0 Å². The molecule has 3 aromatic rings. The minimum Gasteiger partial charge on any atom is -0.307 e. The van der Waals surface area contributed by atoms with Crippen LogP contribution in [0.4, 0.5) is 0 Å². The SMILES string of the molecule is CC(Cl)c1nc2cccnc2n1Cc1ccncc1. The van der Waals surface area contributed by atoms with Gasteiger partial charge in [0.05, 0.1) is 11.9 Å². The zero-order valence-electron chi connectivity index (χ0n) is 10.5. The summed E-state index contributed by atoms with van der Waals surface area (Å²) in [5.41, 5.74) is 2.89. The molecular formula is C14H13ClN4. The number of hydrogen-bond donors (Lipinski definition) is 0. The van der Waals surface area contributed by atoms with Crippen LogP contribution in [0, 0.1) is 0 Å². The molecular weight excluding hydrogens is 260 g/mol. The second kappa shape index (κ2) is 4.97. The van der Waals surface area contributed by atoms with E-state index in [0.717, 1.165) is 22.6 Å². The van der Waals surface area contributed by atoms with Crippen molar-refractivity contribution < 1.29 is 0 Å². The van der Waals surface area contributed by atoms with Gasteiger partial charge in [0.2, 0.25) is 0 Å². The number of rotatable bonds is 3. The van der Waals surface area contributed by atoms with Gasteiger partial charge in [0, 0.05) is 18.6 Å². The van der Waals surface area contributed by atoms with E-state index in [1.54, 1.807) is 18.6 Å². The highest BCUT2D eigenvalue weighted by molar-refractivity contribution is 6.20. The molecule has 0 saturated heterocycles. The Hall–Kier alpha value is -1.94. The Morgan fingerprint density at radius 1 is 1.21 bits per heavy atom. The van der Waals surface area contributed by atoms with Crippen molar-refractivity contribution in [1.29, 1.82) is 0 Å². The van der Waals surface area contributed by atoms with Gasteiger partial charge in [0.1, 0.15) is 11.3 Å². The number of hydrogen-bond acceptors (Lipinski definition) is 3. The highest BCUT2D eigenvalue weighted by Gasteiger charge is 2.15. The van der Waals surface area contributed by atoms with Crippen molar-refractivity contribution in [2.75, 3.05) is 0 Å². The molecule has 5 heteroatoms. The average Bonchev–Trinajstić information content (AvgIpc) is 2.79. The van der Waals surface area contributed by atoms with E-state index in [-0.39, 0.29) is 5.38 Å². The maximum absolute atomic E-state index is 6.22. The number of aromatic nitrogens is 4. The van der Waals surface area contributed by atoms with Gasteiger partial charge in [-0.3, -0.25) is 4.98 Å². The van der Waals surface area contributed by atoms with Crippen molar-refractivity contribution in [3.63, 3.8) is 0 Å². The first-order valence-corrected chi connectivity index (χ1v) is 6.53. The average molecular weight is 273 g/mol. The van der Waals surface area contributed by atoms with Crippen molar-refractivity contribution in [2.45, 2.75) is 18.8 Å². The predicted molar refractivity (Wildman–Crippen MR) is 75.1 cm³/mol. The second-order valence-corrected chi connectivity index (χ2v) is 5.03. The Kier molecular flexibility index (Phi) is 3.17. The van der Waals surface area contributed by atoms with Gasteiger partial charge < -0.3 is 4.57 Å². The van der Waals surface area contributed by atoms with Gasteiger partial charge in [-0.05, 0) is 36.8 Å². The summed E-state index contributed by atoms with van der Waals surface area (Å²) in [5.74, 6) is 0.840. The lowest BCUT2D eigenvalue weighted by Gasteiger charge is -2.09. The van der Waals surface area contributed by atoms with Gasteiger partial charge in [0.15, 0.2) is 5.65 Å². The van der Waals surface area contributed by atoms with Gasteiger partial charge in [0.25, 0.3) is 0 Å². The number of pyridine rings is 2. The van der Waals surface area contributed by atoms with E-state index in [2.05, 4.69) is 19.5 Å². The molecule has 0 aliphatic rings. The Morgan fingerprint density at radius 3 is 2.74 bits per heavy atom. The van der Waals surface area contributed by atoms with Gasteiger partial charge in [-0.1, -0.05) is 0 Å². The molecule has 3 heterocycles. The van der Waals surface area contributed by atoms with E-state index in [9.17, 15) is 0 Å². The van der Waals surface area contributed by atoms with Gasteiger partial charge >= 0.3 is 0 Å². The van der Waals surface area contributed by atoms with Gasteiger partial charge in [-0.15, -0.1) is 11.6 Å². The first kappa shape index (κ1) is 12.1. The number of imidazole rings is 1. The molecule has 0 saturated carbocycles. The summed E-state index contributed by atoms with van der Waals surface area (Å²) in [6.07, 6.45) is 5.34. The number of nitrogens with zero attached hydrogens (tertiary/aromatic N) is 4. The molecule has 3 rings (SSSR count). The molecule has 0 fully saturated rings. The summed E-state index contributed by atoms with van der Waals surface area (Å²) in [6, 6.07) is 7.80. The van der Waals surface area contributed by atoms with Crippen LogP contribution in [0.15, 0.2) is 42.9 Å². The normalized spacial score (nSPS) is 12.7. The quantitative estimate of drug-likeness (QED) is 0.688. The second-order valence-electron chi connectivity index (χ2n) is 4.37. The van der Waals surface area contributed by atoms with Crippen LogP contribution in [0.1, 0.15) is 23.7 Å². The molecule has 3 aromatic heterocycles. The van der Waals surface area contributed by atoms with Gasteiger partial charge in [-0.25, -0.2) is 9.97 Å². The molecule has 0 amide bonds. The third kappa shape index (κ3) is 2.31. The van der Waals surface area contributed by atoms with E-state index in [0.29, 0.717) is 6.54 Å². The molecule has 0 bridgehead atoms. The molecule has 1 unspecified atom stereocenters. The molecule has 0 aliphatic carbocycles. The minimum atomic E-state index is -0.156. The Labute approximate surface area is 116 Å². The summed E-state index contributed by atoms with van der Waals surface area (Å²) in [4.78, 5) is 13.0. The first-order valence-electron chi connectivity index (χ1n) is 6.10. The third-order valence-corrected chi connectivity index (χ3v) is 3.17. The Bertz CT molecular complexity index is 691. The lowest BCUT2D eigenvalue weighted by molar-refractivity contribution is 0.735. The van der Waals surface area contributed by atoms with Crippen molar-refractivity contribution in [2.24, 2.45) is 0 Å². The van der Waals surface area contributed by atoms with E-state index >= 15 is 0 Å². The van der Waals surface area contributed by atoms with Crippen LogP contribution in [0.5, 0.6) is 0 Å². The van der Waals surface area contributed by atoms with E-state index < -0.39 is 0 Å². The van der Waals surface area contributed by atoms with E-state index in [4.69, 9.17) is 11.6 Å². The molecule has 96 valence electrons. The van der Waals surface area contributed by atoms with Crippen LogP contribution in [0.2, 0.25) is 0 Å². The first-order chi connectivity index (χ1) is 9.25. The highest BCUT2D eigenvalue weighted by Crippen LogP contribution is 2.24. The third-order valence-electron chi connectivity index (χ3n) is 2.98. The number of alkyl halides is 1. The number of fused-ring (bicyclic) bond motifs is 1. The van der Waals surface area contributed by atoms with E-state index in [1.807, 2.05) is 31.2 Å². The summed E-state index contributed by atoms with van der Waals surface area (Å²) in [7, 11) is 0. The molecule has 0 N–H and O–H groups in total. The monoisotopic (exact) mass is 272 g/mol. The van der Waals surface area contributed by atoms with Gasteiger partial charge in [-0.2, -0.15) is 0 Å². The predicted octanol–water partition coefficient (Wildman–Crippen LogP) is 3.17. The fourth-order valence-electron chi connectivity index (χ4n) is 2.11. The molecule has 0 aromatic carbocycles. The van der Waals surface area contributed by atoms with Crippen LogP contribution in [0.3, 0.4) is 0 Å². The van der Waals surface area contributed by atoms with Crippen LogP contribution in [-0.2, 0) is 6.54 Å². The molecule has 0 aliphatic heterocycles. The molecule has 1 atom stereocenters. The van der Waals surface area contributed by atoms with Crippen LogP contribution >= 0.6 is 11.6 Å². The Morgan fingerprint density at radius 2 is 2.00 bits per heavy atom. The summed E-state index contributed by atoms with van der Waals surface area (Å²) >= 11 is 6.22. The summed E-state index contributed by atoms with van der Waals surface area (Å²) in [6.45, 7) is 2.62. The number of halogens is 1. The fourth-order valence-corrected chi connectivity index (χ4v) is 2.27. The van der Waals surface area contributed by atoms with Crippen molar-refractivity contribution in [1.82, 2.24) is 19.5 Å². The standard InChI is InChI=1S/C14H13ClN4/c1-10(15)13-18-12-3-2-6-17-14(12)19(13)9-11-4-7-16-8-5-11/h2-8,10H,9H2,1H3. The minimum absolute atomic E-state index is 0.156. The molecule has 0 radical (unpaired) electrons. The summed E-state index contributed by atoms with van der Waals surface area (Å²) in [5, 5.41) is -0.156. The molecule has 0 spiro atoms. The lowest BCUT2D eigenvalue weighted by atomic mass is 10.2. The lowest BCUT2D eigenvalue weighted by Crippen LogP contribution is -2.06. The highest BCUT2D eigenvalue weighted by atomic mass is 35.5. The topological polar surface area (TPSA) is 43.6 Å². The smallest absolute Gasteiger partial charge is 0.160 e. The molecule has 4 nitrogen and oxygen atoms in total. The zero-order valence-corrected chi connectivity index (χ0v) is 11.2. The zero-order chi connectivity index (χ0) is 13.2. The fraction of sp³-hybridized carbons (Fsp3) is 0.214. The summed E-state index contributed by atoms with van der Waals surface area (Å²) < 4.78 is 2.06. The van der Waals surface area contributed by atoms with Crippen molar-refractivity contribution >= 4 is 22.8 Å². The largest absolute Gasteiger partial charge is 0.307 e. The van der Waals surface area contributed by atoms with Crippen molar-refractivity contribution in [3.8, 4) is 0 Å². The van der Waals surface area contributed by atoms with Crippen LogP contribution in [0.25, 0.3) is 11.2 Å². The van der Waals surface area contributed by atoms with Crippen LogP contribution in [-0.4, -0.2) is 19.5 Å². The maximum Gasteiger partial charge on any atom is 0.160 e. The maximum atomic E-state index is 6.22. The molecule has 19 heavy (non-hydrogen) atoms. The van der Waals surface area contributed by atoms with Crippen LogP contribution < -0.4 is 0 Å². The Balaban J connectivity index is 2.12. The van der Waals surface area contributed by atoms with Crippen molar-refractivity contribution in [3.05, 3.63) is 54.2 Å².